The maximum atomic E-state index is 13.6. The summed E-state index contributed by atoms with van der Waals surface area (Å²) in [5.74, 6) is -2.94. The van der Waals surface area contributed by atoms with E-state index in [0.717, 1.165) is 0 Å². The van der Waals surface area contributed by atoms with Gasteiger partial charge in [0.25, 0.3) is 0 Å². The SMILES string of the molecule is CCN1C[C@]2(COC)[C@H](O)C[C@H](OC)[C@@]34[C@@H]5C[C@@]6(O)[C@H](OC(=O)c7ccccc7)[C@@H]5[C@@](O)([C@@H]([C@H](OC)[C@H]23)[C@H]14)[C@@H](O)[C@@H]6OC. The predicted octanol–water partition coefficient (Wildman–Crippen LogP) is 0.0773. The minimum Gasteiger partial charge on any atom is -0.455 e. The van der Waals surface area contributed by atoms with E-state index in [1.54, 1.807) is 51.7 Å². The van der Waals surface area contributed by atoms with Crippen LogP contribution in [0.1, 0.15) is 30.1 Å². The van der Waals surface area contributed by atoms with Gasteiger partial charge in [0.15, 0.2) is 0 Å². The number of carbonyl (C=O) groups excluding carboxylic acids is 1. The van der Waals surface area contributed by atoms with Crippen LogP contribution in [0.2, 0.25) is 0 Å². The number of aliphatic hydroxyl groups is 4. The molecule has 5 saturated carbocycles. The van der Waals surface area contributed by atoms with Gasteiger partial charge in [-0.2, -0.15) is 0 Å². The fourth-order valence-electron chi connectivity index (χ4n) is 11.9. The van der Waals surface area contributed by atoms with Gasteiger partial charge in [0.2, 0.25) is 0 Å². The topological polar surface area (TPSA) is 147 Å². The average molecular weight is 604 g/mol. The van der Waals surface area contributed by atoms with E-state index in [1.807, 2.05) is 0 Å². The summed E-state index contributed by atoms with van der Waals surface area (Å²) >= 11 is 0. The zero-order chi connectivity index (χ0) is 30.7. The summed E-state index contributed by atoms with van der Waals surface area (Å²) in [6, 6.07) is 8.25. The summed E-state index contributed by atoms with van der Waals surface area (Å²) in [4.78, 5) is 15.8. The smallest absolute Gasteiger partial charge is 0.338 e. The van der Waals surface area contributed by atoms with Crippen molar-refractivity contribution >= 4 is 5.97 Å². The van der Waals surface area contributed by atoms with E-state index in [9.17, 15) is 25.2 Å². The summed E-state index contributed by atoms with van der Waals surface area (Å²) in [6.07, 6.45) is -5.27. The van der Waals surface area contributed by atoms with Crippen LogP contribution in [0, 0.1) is 34.5 Å². The summed E-state index contributed by atoms with van der Waals surface area (Å²) in [7, 11) is 6.29. The molecule has 1 aliphatic heterocycles. The minimum atomic E-state index is -1.86. The molecule has 4 N–H and O–H groups in total. The first-order valence-electron chi connectivity index (χ1n) is 15.5. The highest BCUT2D eigenvalue weighted by molar-refractivity contribution is 5.89. The minimum absolute atomic E-state index is 0.106. The van der Waals surface area contributed by atoms with Crippen LogP contribution in [0.3, 0.4) is 0 Å². The standard InChI is InChI=1S/C32H45NO10/c1-6-33-14-29(15-39-2)18(34)12-19(40-3)31-17-13-30(37)26(43-28(36)16-10-8-7-9-11-16)20(17)32(38,25(35)27(30)42-5)21(24(31)33)22(41-4)23(29)31/h7-11,17-27,34-35,37-38H,6,12-15H2,1-5H3/t17-,18-,19+,20-,21+,22+,23-,24+,25+,26-,27+,29+,30-,31+,32-/m1/s1. The van der Waals surface area contributed by atoms with E-state index < -0.39 is 82.4 Å². The number of aliphatic hydroxyl groups excluding tert-OH is 2. The highest BCUT2D eigenvalue weighted by Crippen LogP contribution is 2.80. The Morgan fingerprint density at radius 3 is 2.33 bits per heavy atom. The first-order chi connectivity index (χ1) is 20.6. The average Bonchev–Trinajstić information content (AvgIpc) is 3.39. The van der Waals surface area contributed by atoms with E-state index in [2.05, 4.69) is 11.8 Å². The lowest BCUT2D eigenvalue weighted by molar-refractivity contribution is -0.320. The van der Waals surface area contributed by atoms with Gasteiger partial charge in [-0.15, -0.1) is 0 Å². The number of fused-ring (bicyclic) bond motifs is 2. The van der Waals surface area contributed by atoms with Gasteiger partial charge in [-0.1, -0.05) is 25.1 Å². The van der Waals surface area contributed by atoms with Crippen molar-refractivity contribution in [3.05, 3.63) is 35.9 Å². The molecule has 0 radical (unpaired) electrons. The Bertz CT molecular complexity index is 1250. The normalized spacial score (nSPS) is 52.7. The van der Waals surface area contributed by atoms with Crippen LogP contribution >= 0.6 is 0 Å². The Balaban J connectivity index is 1.48. The Morgan fingerprint density at radius 2 is 1.72 bits per heavy atom. The van der Waals surface area contributed by atoms with Crippen molar-refractivity contribution in [1.29, 1.82) is 0 Å². The molecule has 1 spiro atoms. The van der Waals surface area contributed by atoms with Crippen LogP contribution in [0.25, 0.3) is 0 Å². The van der Waals surface area contributed by atoms with Crippen molar-refractivity contribution in [3.8, 4) is 0 Å². The molecule has 1 saturated heterocycles. The van der Waals surface area contributed by atoms with Gasteiger partial charge < -0.3 is 44.1 Å². The lowest BCUT2D eigenvalue weighted by atomic mass is 9.42. The third kappa shape index (κ3) is 3.28. The highest BCUT2D eigenvalue weighted by Gasteiger charge is 2.91. The molecule has 0 amide bonds. The Morgan fingerprint density at radius 1 is 1.00 bits per heavy atom. The highest BCUT2D eigenvalue weighted by atomic mass is 16.6. The van der Waals surface area contributed by atoms with Gasteiger partial charge in [-0.3, -0.25) is 4.90 Å². The molecule has 1 aromatic carbocycles. The van der Waals surface area contributed by atoms with Crippen molar-refractivity contribution in [2.24, 2.45) is 34.5 Å². The molecule has 0 unspecified atom stereocenters. The van der Waals surface area contributed by atoms with Crippen molar-refractivity contribution in [2.45, 2.75) is 73.6 Å². The molecule has 15 atom stereocenters. The number of nitrogens with zero attached hydrogens (tertiary/aromatic N) is 1. The molecule has 11 heteroatoms. The number of ether oxygens (including phenoxy) is 5. The maximum Gasteiger partial charge on any atom is 0.338 e. The summed E-state index contributed by atoms with van der Waals surface area (Å²) in [5, 5.41) is 49.7. The van der Waals surface area contributed by atoms with Gasteiger partial charge in [-0.25, -0.2) is 4.79 Å². The Hall–Kier alpha value is -1.67. The van der Waals surface area contributed by atoms with Gasteiger partial charge in [0, 0.05) is 76.0 Å². The molecule has 1 aromatic rings. The van der Waals surface area contributed by atoms with Crippen molar-refractivity contribution in [2.75, 3.05) is 48.1 Å². The summed E-state index contributed by atoms with van der Waals surface area (Å²) < 4.78 is 30.5. The third-order valence-corrected chi connectivity index (χ3v) is 12.9. The number of hydrogen-bond acceptors (Lipinski definition) is 11. The quantitative estimate of drug-likeness (QED) is 0.300. The molecular formula is C32H45NO10. The monoisotopic (exact) mass is 603 g/mol. The molecule has 6 fully saturated rings. The number of esters is 1. The third-order valence-electron chi connectivity index (χ3n) is 12.9. The second-order valence-corrected chi connectivity index (χ2v) is 13.9. The first kappa shape index (κ1) is 30.0. The lowest BCUT2D eigenvalue weighted by Gasteiger charge is -2.70. The second kappa shape index (κ2) is 9.91. The number of carbonyl (C=O) groups is 1. The van der Waals surface area contributed by atoms with Crippen LogP contribution in [0.15, 0.2) is 30.3 Å². The van der Waals surface area contributed by atoms with Gasteiger partial charge >= 0.3 is 5.97 Å². The molecule has 5 aliphatic carbocycles. The van der Waals surface area contributed by atoms with Gasteiger partial charge in [-0.05, 0) is 31.0 Å². The number of rotatable bonds is 8. The van der Waals surface area contributed by atoms with Gasteiger partial charge in [0.1, 0.15) is 29.5 Å². The molecule has 1 heterocycles. The Kier molecular flexibility index (Phi) is 6.92. The zero-order valence-electron chi connectivity index (χ0n) is 25.5. The molecule has 11 nitrogen and oxygen atoms in total. The molecule has 7 rings (SSSR count). The van der Waals surface area contributed by atoms with E-state index in [1.165, 1.54) is 7.11 Å². The van der Waals surface area contributed by atoms with E-state index in [-0.39, 0.29) is 25.0 Å². The van der Waals surface area contributed by atoms with E-state index in [4.69, 9.17) is 23.7 Å². The fourth-order valence-corrected chi connectivity index (χ4v) is 11.9. The van der Waals surface area contributed by atoms with Gasteiger partial charge in [0.05, 0.1) is 30.5 Å². The van der Waals surface area contributed by atoms with Crippen LogP contribution in [0.5, 0.6) is 0 Å². The summed E-state index contributed by atoms with van der Waals surface area (Å²) in [6.45, 7) is 3.46. The number of benzene rings is 1. The number of piperidine rings is 1. The maximum absolute atomic E-state index is 13.6. The van der Waals surface area contributed by atoms with Crippen molar-refractivity contribution < 1.29 is 48.9 Å². The molecule has 7 bridgehead atoms. The predicted molar refractivity (Wildman–Crippen MR) is 151 cm³/mol. The number of hydrogen-bond donors (Lipinski definition) is 4. The van der Waals surface area contributed by atoms with Crippen molar-refractivity contribution in [1.82, 2.24) is 4.90 Å². The van der Waals surface area contributed by atoms with Crippen LogP contribution in [0.4, 0.5) is 0 Å². The second-order valence-electron chi connectivity index (χ2n) is 13.9. The molecule has 0 aromatic heterocycles. The molecule has 238 valence electrons. The van der Waals surface area contributed by atoms with Crippen molar-refractivity contribution in [3.63, 3.8) is 0 Å². The largest absolute Gasteiger partial charge is 0.455 e. The molecular weight excluding hydrogens is 558 g/mol. The lowest BCUT2D eigenvalue weighted by Crippen LogP contribution is -2.81. The fraction of sp³-hybridized carbons (Fsp3) is 0.781. The van der Waals surface area contributed by atoms with Crippen LogP contribution in [-0.2, 0) is 23.7 Å². The molecule has 43 heavy (non-hydrogen) atoms. The summed E-state index contributed by atoms with van der Waals surface area (Å²) in [5.41, 5.74) is -4.81. The first-order valence-corrected chi connectivity index (χ1v) is 15.5. The van der Waals surface area contributed by atoms with Crippen LogP contribution in [-0.4, -0.2) is 133 Å². The zero-order valence-corrected chi connectivity index (χ0v) is 25.5. The number of likely N-dealkylation sites (tertiary alicyclic amines) is 1. The van der Waals surface area contributed by atoms with E-state index >= 15 is 0 Å². The molecule has 6 aliphatic rings. The van der Waals surface area contributed by atoms with E-state index in [0.29, 0.717) is 25.1 Å². The van der Waals surface area contributed by atoms with Crippen LogP contribution < -0.4 is 0 Å². The Labute approximate surface area is 252 Å². The number of methoxy groups -OCH3 is 4.